The van der Waals surface area contributed by atoms with Gasteiger partial charge >= 0.3 is 0 Å². The van der Waals surface area contributed by atoms with Gasteiger partial charge in [0.1, 0.15) is 5.82 Å². The second-order valence-electron chi connectivity index (χ2n) is 5.54. The summed E-state index contributed by atoms with van der Waals surface area (Å²) in [6, 6.07) is 4.14. The summed E-state index contributed by atoms with van der Waals surface area (Å²) in [4.78, 5) is 14.3. The van der Waals surface area contributed by atoms with Crippen molar-refractivity contribution in [2.24, 2.45) is 0 Å². The quantitative estimate of drug-likeness (QED) is 0.859. The van der Waals surface area contributed by atoms with Crippen LogP contribution in [-0.2, 0) is 24.3 Å². The van der Waals surface area contributed by atoms with Crippen LogP contribution in [0.3, 0.4) is 0 Å². The Bertz CT molecular complexity index is 616. The van der Waals surface area contributed by atoms with Gasteiger partial charge in [0.25, 0.3) is 0 Å². The van der Waals surface area contributed by atoms with Gasteiger partial charge in [-0.1, -0.05) is 6.92 Å². The second kappa shape index (κ2) is 5.71. The van der Waals surface area contributed by atoms with E-state index in [1.165, 1.54) is 0 Å². The highest BCUT2D eigenvalue weighted by molar-refractivity contribution is 5.76. The molecule has 0 saturated heterocycles. The number of rotatable bonds is 4. The second-order valence-corrected chi connectivity index (χ2v) is 5.54. The molecular weight excluding hydrogens is 266 g/mol. The number of nitrogens with zero attached hydrogens (tertiary/aromatic N) is 5. The van der Waals surface area contributed by atoms with Gasteiger partial charge in [0.05, 0.1) is 6.54 Å². The van der Waals surface area contributed by atoms with Gasteiger partial charge < -0.3 is 14.0 Å². The van der Waals surface area contributed by atoms with Crippen LogP contribution in [-0.4, -0.2) is 36.7 Å². The zero-order valence-corrected chi connectivity index (χ0v) is 12.6. The maximum absolute atomic E-state index is 12.4. The van der Waals surface area contributed by atoms with Crippen LogP contribution in [0.2, 0.25) is 0 Å². The first-order valence-electron chi connectivity index (χ1n) is 7.50. The third-order valence-electron chi connectivity index (χ3n) is 4.11. The normalized spacial score (nSPS) is 15.8. The predicted molar refractivity (Wildman–Crippen MR) is 78.6 cm³/mol. The van der Waals surface area contributed by atoms with E-state index in [0.717, 1.165) is 31.2 Å². The molecule has 0 N–H and O–H groups in total. The van der Waals surface area contributed by atoms with Crippen LogP contribution in [0.4, 0.5) is 0 Å². The highest BCUT2D eigenvalue weighted by atomic mass is 16.2. The lowest BCUT2D eigenvalue weighted by Gasteiger charge is -2.29. The molecule has 6 nitrogen and oxygen atoms in total. The molecule has 2 aromatic heterocycles. The van der Waals surface area contributed by atoms with Crippen molar-refractivity contribution < 1.29 is 4.79 Å². The molecule has 2 aromatic rings. The lowest BCUT2D eigenvalue weighted by molar-refractivity contribution is -0.133. The Morgan fingerprint density at radius 3 is 2.76 bits per heavy atom. The summed E-state index contributed by atoms with van der Waals surface area (Å²) in [5.41, 5.74) is 0. The van der Waals surface area contributed by atoms with Gasteiger partial charge in [0, 0.05) is 44.4 Å². The van der Waals surface area contributed by atoms with Crippen LogP contribution in [0.15, 0.2) is 24.5 Å². The van der Waals surface area contributed by atoms with Crippen molar-refractivity contribution in [3.63, 3.8) is 0 Å². The van der Waals surface area contributed by atoms with Crippen molar-refractivity contribution in [2.75, 3.05) is 6.54 Å². The zero-order valence-electron chi connectivity index (χ0n) is 12.6. The van der Waals surface area contributed by atoms with Gasteiger partial charge in [-0.25, -0.2) is 0 Å². The minimum Gasteiger partial charge on any atom is -0.351 e. The Balaban J connectivity index is 1.64. The fourth-order valence-electron chi connectivity index (χ4n) is 2.82. The number of amides is 1. The van der Waals surface area contributed by atoms with Crippen molar-refractivity contribution in [2.45, 2.75) is 45.8 Å². The lowest BCUT2D eigenvalue weighted by Crippen LogP contribution is -2.39. The van der Waals surface area contributed by atoms with Crippen LogP contribution in [0, 0.1) is 0 Å². The zero-order chi connectivity index (χ0) is 14.8. The Labute approximate surface area is 124 Å². The molecule has 0 fully saturated rings. The maximum atomic E-state index is 12.4. The van der Waals surface area contributed by atoms with E-state index in [9.17, 15) is 4.79 Å². The molecule has 1 aliphatic heterocycles. The van der Waals surface area contributed by atoms with Crippen molar-refractivity contribution in [1.29, 1.82) is 0 Å². The van der Waals surface area contributed by atoms with Gasteiger partial charge in [-0.3, -0.25) is 4.79 Å². The summed E-state index contributed by atoms with van der Waals surface area (Å²) in [5.74, 6) is 2.10. The van der Waals surface area contributed by atoms with E-state index in [2.05, 4.69) is 33.2 Å². The molecule has 1 atom stereocenters. The molecule has 21 heavy (non-hydrogen) atoms. The number of hydrogen-bond donors (Lipinski definition) is 0. The molecule has 1 amide bonds. The van der Waals surface area contributed by atoms with Crippen LogP contribution in [0.25, 0.3) is 0 Å². The number of fused-ring (bicyclic) bond motifs is 1. The van der Waals surface area contributed by atoms with Gasteiger partial charge in [0.2, 0.25) is 5.91 Å². The molecule has 0 bridgehead atoms. The fourth-order valence-corrected chi connectivity index (χ4v) is 2.82. The molecule has 1 aliphatic rings. The number of hydrogen-bond acceptors (Lipinski definition) is 3. The van der Waals surface area contributed by atoms with Crippen molar-refractivity contribution in [3.8, 4) is 0 Å². The number of aryl methyl sites for hydroxylation is 1. The van der Waals surface area contributed by atoms with Crippen LogP contribution >= 0.6 is 0 Å². The molecule has 3 rings (SSSR count). The van der Waals surface area contributed by atoms with E-state index in [1.54, 1.807) is 0 Å². The van der Waals surface area contributed by atoms with E-state index < -0.39 is 0 Å². The minimum atomic E-state index is 0.179. The Hall–Kier alpha value is -2.11. The van der Waals surface area contributed by atoms with Crippen molar-refractivity contribution in [3.05, 3.63) is 36.2 Å². The maximum Gasteiger partial charge on any atom is 0.225 e. The average Bonchev–Trinajstić information content (AvgIpc) is 3.15. The third kappa shape index (κ3) is 2.70. The molecule has 3 heterocycles. The van der Waals surface area contributed by atoms with Gasteiger partial charge in [-0.05, 0) is 19.1 Å². The summed E-state index contributed by atoms with van der Waals surface area (Å²) in [6.45, 7) is 6.27. The van der Waals surface area contributed by atoms with E-state index in [-0.39, 0.29) is 11.9 Å². The van der Waals surface area contributed by atoms with Crippen LogP contribution < -0.4 is 0 Å². The van der Waals surface area contributed by atoms with E-state index in [1.807, 2.05) is 29.4 Å². The van der Waals surface area contributed by atoms with E-state index in [0.29, 0.717) is 13.0 Å². The highest BCUT2D eigenvalue weighted by Crippen LogP contribution is 2.17. The number of carbonyl (C=O) groups is 1. The van der Waals surface area contributed by atoms with Crippen LogP contribution in [0.5, 0.6) is 0 Å². The molecule has 0 radical (unpaired) electrons. The minimum absolute atomic E-state index is 0.179. The molecule has 0 aliphatic carbocycles. The van der Waals surface area contributed by atoms with Gasteiger partial charge in [-0.15, -0.1) is 10.2 Å². The van der Waals surface area contributed by atoms with Crippen molar-refractivity contribution >= 4 is 5.91 Å². The summed E-state index contributed by atoms with van der Waals surface area (Å²) < 4.78 is 4.21. The predicted octanol–water partition coefficient (Wildman–Crippen LogP) is 1.64. The summed E-state index contributed by atoms with van der Waals surface area (Å²) in [6.07, 6.45) is 5.39. The Morgan fingerprint density at radius 1 is 1.29 bits per heavy atom. The number of aromatic nitrogens is 4. The molecule has 0 spiro atoms. The summed E-state index contributed by atoms with van der Waals surface area (Å²) in [5, 5.41) is 8.39. The smallest absolute Gasteiger partial charge is 0.225 e. The molecule has 112 valence electrons. The van der Waals surface area contributed by atoms with Crippen LogP contribution in [0.1, 0.15) is 38.0 Å². The van der Waals surface area contributed by atoms with Gasteiger partial charge in [-0.2, -0.15) is 0 Å². The Kier molecular flexibility index (Phi) is 3.77. The molecule has 0 aromatic carbocycles. The fraction of sp³-hybridized carbons (Fsp3) is 0.533. The highest BCUT2D eigenvalue weighted by Gasteiger charge is 2.24. The first-order valence-corrected chi connectivity index (χ1v) is 7.50. The summed E-state index contributed by atoms with van der Waals surface area (Å²) in [7, 11) is 0. The first-order chi connectivity index (χ1) is 10.2. The third-order valence-corrected chi connectivity index (χ3v) is 4.11. The van der Waals surface area contributed by atoms with Gasteiger partial charge in [0.15, 0.2) is 5.82 Å². The Morgan fingerprint density at radius 2 is 2.05 bits per heavy atom. The van der Waals surface area contributed by atoms with E-state index in [4.69, 9.17) is 0 Å². The standard InChI is InChI=1S/C15H21N5O/c1-3-13-16-17-14-11-19(8-9-20(13)14)15(21)10-12(2)18-6-4-5-7-18/h4-7,12H,3,8-11H2,1-2H3. The van der Waals surface area contributed by atoms with E-state index >= 15 is 0 Å². The molecule has 6 heteroatoms. The lowest BCUT2D eigenvalue weighted by atomic mass is 10.2. The number of carbonyl (C=O) groups excluding carboxylic acids is 1. The largest absolute Gasteiger partial charge is 0.351 e. The molecule has 0 saturated carbocycles. The topological polar surface area (TPSA) is 56.0 Å². The molecule has 1 unspecified atom stereocenters. The summed E-state index contributed by atoms with van der Waals surface area (Å²) >= 11 is 0. The SMILES string of the molecule is CCc1nnc2n1CCN(C(=O)CC(C)n1cccc1)C2. The van der Waals surface area contributed by atoms with Crippen molar-refractivity contribution in [1.82, 2.24) is 24.2 Å². The monoisotopic (exact) mass is 287 g/mol. The first kappa shape index (κ1) is 13.9. The molecular formula is C15H21N5O. The average molecular weight is 287 g/mol.